The smallest absolute Gasteiger partial charge is 0.131 e. The summed E-state index contributed by atoms with van der Waals surface area (Å²) in [4.78, 5) is 0. The number of benzene rings is 4. The van der Waals surface area contributed by atoms with E-state index in [-0.39, 0.29) is 5.82 Å². The third kappa shape index (κ3) is 4.32. The molecule has 138 valence electrons. The fourth-order valence-corrected chi connectivity index (χ4v) is 3.31. The molecule has 0 aliphatic heterocycles. The van der Waals surface area contributed by atoms with Gasteiger partial charge in [0.05, 0.1) is 0 Å². The van der Waals surface area contributed by atoms with Crippen LogP contribution in [0.15, 0.2) is 102 Å². The number of rotatable bonds is 5. The summed E-state index contributed by atoms with van der Waals surface area (Å²) in [5, 5.41) is 0. The second-order valence-corrected chi connectivity index (χ2v) is 7.42. The molecule has 0 unspecified atom stereocenters. The van der Waals surface area contributed by atoms with Crippen LogP contribution in [0, 0.1) is 5.82 Å². The monoisotopic (exact) mass is 432 g/mol. The first-order valence-electron chi connectivity index (χ1n) is 9.02. The predicted molar refractivity (Wildman–Crippen MR) is 116 cm³/mol. The molecule has 0 aliphatic carbocycles. The minimum atomic E-state index is -0.232. The molecule has 0 saturated carbocycles. The van der Waals surface area contributed by atoms with Gasteiger partial charge in [-0.1, -0.05) is 82.7 Å². The summed E-state index contributed by atoms with van der Waals surface area (Å²) in [7, 11) is 0. The molecule has 0 saturated heterocycles. The number of hydrogen-bond acceptors (Lipinski definition) is 1. The molecule has 1 nitrogen and oxygen atoms in total. The Kier molecular flexibility index (Phi) is 5.54. The van der Waals surface area contributed by atoms with Gasteiger partial charge in [-0.05, 0) is 52.6 Å². The van der Waals surface area contributed by atoms with E-state index >= 15 is 0 Å². The van der Waals surface area contributed by atoms with Gasteiger partial charge in [-0.25, -0.2) is 4.39 Å². The third-order valence-corrected chi connectivity index (χ3v) is 5.09. The largest absolute Gasteiger partial charge is 0.489 e. The first-order valence-corrected chi connectivity index (χ1v) is 9.81. The van der Waals surface area contributed by atoms with Crippen molar-refractivity contribution in [1.82, 2.24) is 0 Å². The van der Waals surface area contributed by atoms with E-state index in [1.807, 2.05) is 91.0 Å². The Labute approximate surface area is 172 Å². The van der Waals surface area contributed by atoms with Crippen molar-refractivity contribution in [3.63, 3.8) is 0 Å². The molecule has 4 rings (SSSR count). The molecular weight excluding hydrogens is 415 g/mol. The summed E-state index contributed by atoms with van der Waals surface area (Å²) >= 11 is 3.40. The molecule has 4 aromatic rings. The van der Waals surface area contributed by atoms with Gasteiger partial charge >= 0.3 is 0 Å². The lowest BCUT2D eigenvalue weighted by atomic mass is 9.99. The number of hydrogen-bond donors (Lipinski definition) is 0. The molecule has 3 heteroatoms. The maximum atomic E-state index is 14.7. The van der Waals surface area contributed by atoms with Crippen LogP contribution in [0.1, 0.15) is 5.56 Å². The first-order chi connectivity index (χ1) is 13.7. The summed E-state index contributed by atoms with van der Waals surface area (Å²) in [5.74, 6) is 0.559. The lowest BCUT2D eigenvalue weighted by Crippen LogP contribution is -1.94. The van der Waals surface area contributed by atoms with Crippen molar-refractivity contribution in [2.75, 3.05) is 0 Å². The molecule has 0 fully saturated rings. The molecule has 0 atom stereocenters. The van der Waals surface area contributed by atoms with E-state index in [0.29, 0.717) is 12.2 Å². The van der Waals surface area contributed by atoms with Crippen LogP contribution in [0.4, 0.5) is 4.39 Å². The zero-order valence-corrected chi connectivity index (χ0v) is 16.7. The van der Waals surface area contributed by atoms with Crippen LogP contribution < -0.4 is 4.74 Å². The van der Waals surface area contributed by atoms with E-state index in [1.165, 1.54) is 0 Å². The highest BCUT2D eigenvalue weighted by Crippen LogP contribution is 2.29. The van der Waals surface area contributed by atoms with E-state index in [4.69, 9.17) is 4.74 Å². The molecule has 0 amide bonds. The highest BCUT2D eigenvalue weighted by molar-refractivity contribution is 9.10. The van der Waals surface area contributed by atoms with Gasteiger partial charge in [0.1, 0.15) is 18.2 Å². The van der Waals surface area contributed by atoms with Gasteiger partial charge in [-0.3, -0.25) is 0 Å². The molecule has 0 radical (unpaired) electrons. The van der Waals surface area contributed by atoms with Crippen molar-refractivity contribution in [2.24, 2.45) is 0 Å². The molecular formula is C25H18BrFO. The highest BCUT2D eigenvalue weighted by Gasteiger charge is 2.08. The number of halogens is 2. The Bertz CT molecular complexity index is 1060. The third-order valence-electron chi connectivity index (χ3n) is 4.56. The molecule has 0 aliphatic rings. The van der Waals surface area contributed by atoms with E-state index in [9.17, 15) is 4.39 Å². The SMILES string of the molecule is Fc1cc(-c2ccc(OCc3ccccc3)cc2)ccc1-c1ccc(Br)cc1. The van der Waals surface area contributed by atoms with Crippen LogP contribution in [-0.2, 0) is 6.61 Å². The molecule has 0 bridgehead atoms. The Morgan fingerprint density at radius 1 is 0.679 bits per heavy atom. The van der Waals surface area contributed by atoms with Crippen LogP contribution in [0.25, 0.3) is 22.3 Å². The fraction of sp³-hybridized carbons (Fsp3) is 0.0400. The van der Waals surface area contributed by atoms with E-state index in [2.05, 4.69) is 15.9 Å². The minimum absolute atomic E-state index is 0.232. The fourth-order valence-electron chi connectivity index (χ4n) is 3.04. The lowest BCUT2D eigenvalue weighted by Gasteiger charge is -2.09. The second-order valence-electron chi connectivity index (χ2n) is 6.50. The van der Waals surface area contributed by atoms with Crippen molar-refractivity contribution >= 4 is 15.9 Å². The van der Waals surface area contributed by atoms with Crippen LogP contribution in [0.3, 0.4) is 0 Å². The van der Waals surface area contributed by atoms with Crippen molar-refractivity contribution in [1.29, 1.82) is 0 Å². The Hall–Kier alpha value is -2.91. The molecule has 0 spiro atoms. The average molecular weight is 433 g/mol. The summed E-state index contributed by atoms with van der Waals surface area (Å²) in [6, 6.07) is 30.8. The van der Waals surface area contributed by atoms with E-state index < -0.39 is 0 Å². The summed E-state index contributed by atoms with van der Waals surface area (Å²) in [6.45, 7) is 0.525. The molecule has 4 aromatic carbocycles. The molecule has 28 heavy (non-hydrogen) atoms. The van der Waals surface area contributed by atoms with Gasteiger partial charge in [-0.2, -0.15) is 0 Å². The van der Waals surface area contributed by atoms with Crippen LogP contribution in [0.2, 0.25) is 0 Å². The summed E-state index contributed by atoms with van der Waals surface area (Å²) < 4.78 is 21.5. The van der Waals surface area contributed by atoms with E-state index in [0.717, 1.165) is 32.5 Å². The van der Waals surface area contributed by atoms with Crippen molar-refractivity contribution in [3.05, 3.63) is 113 Å². The summed E-state index contributed by atoms with van der Waals surface area (Å²) in [6.07, 6.45) is 0. The standard InChI is InChI=1S/C25H18BrFO/c26-22-11-6-20(7-12-22)24-15-10-21(16-25(24)27)19-8-13-23(14-9-19)28-17-18-4-2-1-3-5-18/h1-16H,17H2. The number of ether oxygens (including phenoxy) is 1. The predicted octanol–water partition coefficient (Wildman–Crippen LogP) is 7.50. The van der Waals surface area contributed by atoms with Crippen LogP contribution >= 0.6 is 15.9 Å². The maximum Gasteiger partial charge on any atom is 0.131 e. The Morgan fingerprint density at radius 2 is 1.32 bits per heavy atom. The van der Waals surface area contributed by atoms with Gasteiger partial charge in [-0.15, -0.1) is 0 Å². The quantitative estimate of drug-likeness (QED) is 0.317. The van der Waals surface area contributed by atoms with Gasteiger partial charge in [0.25, 0.3) is 0 Å². The Balaban J connectivity index is 1.49. The molecule has 0 heterocycles. The Morgan fingerprint density at radius 3 is 2.00 bits per heavy atom. The minimum Gasteiger partial charge on any atom is -0.489 e. The van der Waals surface area contributed by atoms with Crippen molar-refractivity contribution in [2.45, 2.75) is 6.61 Å². The van der Waals surface area contributed by atoms with Gasteiger partial charge in [0.15, 0.2) is 0 Å². The zero-order valence-electron chi connectivity index (χ0n) is 15.1. The van der Waals surface area contributed by atoms with Gasteiger partial charge < -0.3 is 4.74 Å². The maximum absolute atomic E-state index is 14.7. The van der Waals surface area contributed by atoms with Gasteiger partial charge in [0.2, 0.25) is 0 Å². The van der Waals surface area contributed by atoms with Gasteiger partial charge in [0, 0.05) is 10.0 Å². The molecule has 0 N–H and O–H groups in total. The topological polar surface area (TPSA) is 9.23 Å². The second kappa shape index (κ2) is 8.41. The average Bonchev–Trinajstić information content (AvgIpc) is 2.74. The zero-order chi connectivity index (χ0) is 19.3. The van der Waals surface area contributed by atoms with E-state index in [1.54, 1.807) is 6.07 Å². The first kappa shape index (κ1) is 18.5. The molecule has 0 aromatic heterocycles. The van der Waals surface area contributed by atoms with Crippen molar-refractivity contribution < 1.29 is 9.13 Å². The van der Waals surface area contributed by atoms with Crippen LogP contribution in [-0.4, -0.2) is 0 Å². The summed E-state index contributed by atoms with van der Waals surface area (Å²) in [5.41, 5.74) is 4.37. The lowest BCUT2D eigenvalue weighted by molar-refractivity contribution is 0.306. The van der Waals surface area contributed by atoms with Crippen molar-refractivity contribution in [3.8, 4) is 28.0 Å². The normalized spacial score (nSPS) is 10.6. The highest BCUT2D eigenvalue weighted by atomic mass is 79.9. The van der Waals surface area contributed by atoms with Crippen LogP contribution in [0.5, 0.6) is 5.75 Å².